The first kappa shape index (κ1) is 18.2. The second kappa shape index (κ2) is 6.97. The van der Waals surface area contributed by atoms with Crippen LogP contribution in [0.25, 0.3) is 0 Å². The van der Waals surface area contributed by atoms with Gasteiger partial charge >= 0.3 is 6.09 Å². The van der Waals surface area contributed by atoms with E-state index in [0.717, 1.165) is 5.56 Å². The van der Waals surface area contributed by atoms with Crippen LogP contribution in [0.3, 0.4) is 0 Å². The van der Waals surface area contributed by atoms with Crippen molar-refractivity contribution in [2.45, 2.75) is 52.6 Å². The minimum absolute atomic E-state index is 0.0774. The Morgan fingerprint density at radius 1 is 1.23 bits per heavy atom. The van der Waals surface area contributed by atoms with Crippen LogP contribution in [0.5, 0.6) is 0 Å². The molecule has 0 aromatic heterocycles. The monoisotopic (exact) mass is 321 g/mol. The lowest BCUT2D eigenvalue weighted by Gasteiger charge is -2.22. The van der Waals surface area contributed by atoms with Crippen molar-refractivity contribution in [3.8, 4) is 11.5 Å². The average molecular weight is 321 g/mol. The summed E-state index contributed by atoms with van der Waals surface area (Å²) < 4.78 is 18.7. The first-order valence-corrected chi connectivity index (χ1v) is 10.7. The highest BCUT2D eigenvalue weighted by molar-refractivity contribution is 6.83. The normalized spacial score (nSPS) is 11.4. The lowest BCUT2D eigenvalue weighted by atomic mass is 10.1. The molecule has 0 atom stereocenters. The molecule has 0 unspecified atom stereocenters. The average Bonchev–Trinajstić information content (AvgIpc) is 2.35. The smallest absolute Gasteiger partial charge is 0.438 e. The van der Waals surface area contributed by atoms with Gasteiger partial charge in [-0.2, -0.15) is 0 Å². The highest BCUT2D eigenvalue weighted by Gasteiger charge is 2.22. The topological polar surface area (TPSA) is 29.5 Å². The van der Waals surface area contributed by atoms with E-state index in [9.17, 15) is 9.28 Å². The van der Waals surface area contributed by atoms with Crippen LogP contribution in [-0.2, 0) is 11.3 Å². The van der Waals surface area contributed by atoms with Crippen molar-refractivity contribution >= 4 is 14.2 Å². The number of amides is 1. The molecule has 0 fully saturated rings. The number of nitrogens with zero attached hydrogens (tertiary/aromatic N) is 1. The summed E-state index contributed by atoms with van der Waals surface area (Å²) in [5, 5.41) is 0.0774. The molecule has 0 saturated heterocycles. The van der Waals surface area contributed by atoms with Crippen molar-refractivity contribution in [3.63, 3.8) is 0 Å². The SMILES string of the molecule is CC(C)(C)OC(=O)N(F)Cc1ccc(C#C[Si](C)(C)C)cc1. The number of ether oxygens (including phenoxy) is 1. The Morgan fingerprint density at radius 3 is 2.23 bits per heavy atom. The van der Waals surface area contributed by atoms with E-state index in [1.165, 1.54) is 0 Å². The number of benzene rings is 1. The Bertz CT molecular complexity index is 574. The van der Waals surface area contributed by atoms with Crippen molar-refractivity contribution in [1.82, 2.24) is 5.12 Å². The molecule has 0 spiro atoms. The summed E-state index contributed by atoms with van der Waals surface area (Å²) in [6, 6.07) is 7.22. The summed E-state index contributed by atoms with van der Waals surface area (Å²) in [5.74, 6) is 3.13. The highest BCUT2D eigenvalue weighted by Crippen LogP contribution is 2.13. The van der Waals surface area contributed by atoms with Gasteiger partial charge in [-0.1, -0.05) is 42.2 Å². The van der Waals surface area contributed by atoms with Crippen LogP contribution in [0, 0.1) is 11.5 Å². The molecule has 0 heterocycles. The first-order chi connectivity index (χ1) is 9.96. The van der Waals surface area contributed by atoms with Crippen LogP contribution < -0.4 is 0 Å². The third-order valence-corrected chi connectivity index (χ3v) is 3.32. The number of halogens is 1. The lowest BCUT2D eigenvalue weighted by molar-refractivity contribution is -0.0350. The van der Waals surface area contributed by atoms with Crippen LogP contribution in [0.1, 0.15) is 31.9 Å². The van der Waals surface area contributed by atoms with Gasteiger partial charge in [0, 0.05) is 5.56 Å². The fraction of sp³-hybridized carbons (Fsp3) is 0.471. The molecular weight excluding hydrogens is 297 g/mol. The fourth-order valence-electron chi connectivity index (χ4n) is 1.49. The second-order valence-electron chi connectivity index (χ2n) is 7.20. The van der Waals surface area contributed by atoms with Crippen LogP contribution in [0.2, 0.25) is 19.6 Å². The lowest BCUT2D eigenvalue weighted by Crippen LogP contribution is -2.31. The van der Waals surface area contributed by atoms with Gasteiger partial charge in [0.15, 0.2) is 0 Å². The molecule has 0 aliphatic carbocycles. The van der Waals surface area contributed by atoms with Crippen molar-refractivity contribution in [1.29, 1.82) is 0 Å². The van der Waals surface area contributed by atoms with E-state index in [0.29, 0.717) is 5.56 Å². The molecule has 0 bridgehead atoms. The number of hydrogen-bond donors (Lipinski definition) is 0. The van der Waals surface area contributed by atoms with Gasteiger partial charge in [-0.05, 0) is 38.5 Å². The molecule has 120 valence electrons. The quantitative estimate of drug-likeness (QED) is 0.455. The molecule has 0 radical (unpaired) electrons. The molecular formula is C17H24FNO2Si. The standard InChI is InChI=1S/C17H24FNO2Si/c1-17(2,3)21-16(20)19(18)13-15-9-7-14(8-10-15)11-12-22(4,5)6/h7-10H,13H2,1-6H3. The Kier molecular flexibility index (Phi) is 5.78. The molecule has 1 aromatic rings. The van der Waals surface area contributed by atoms with Crippen LogP contribution in [0.15, 0.2) is 24.3 Å². The molecule has 22 heavy (non-hydrogen) atoms. The molecule has 0 N–H and O–H groups in total. The van der Waals surface area contributed by atoms with E-state index in [1.54, 1.807) is 32.9 Å². The predicted molar refractivity (Wildman–Crippen MR) is 89.6 cm³/mol. The maximum Gasteiger partial charge on any atom is 0.438 e. The third kappa shape index (κ3) is 7.28. The van der Waals surface area contributed by atoms with Gasteiger partial charge in [-0.3, -0.25) is 0 Å². The van der Waals surface area contributed by atoms with Gasteiger partial charge in [0.05, 0.1) is 6.54 Å². The summed E-state index contributed by atoms with van der Waals surface area (Å²) in [6.07, 6.45) is -0.977. The van der Waals surface area contributed by atoms with E-state index in [4.69, 9.17) is 4.74 Å². The minimum Gasteiger partial charge on any atom is -0.442 e. The van der Waals surface area contributed by atoms with E-state index in [-0.39, 0.29) is 11.7 Å². The van der Waals surface area contributed by atoms with Gasteiger partial charge in [0.1, 0.15) is 13.7 Å². The van der Waals surface area contributed by atoms with Gasteiger partial charge in [0.2, 0.25) is 0 Å². The van der Waals surface area contributed by atoms with Gasteiger partial charge in [-0.25, -0.2) is 4.79 Å². The van der Waals surface area contributed by atoms with Crippen molar-refractivity contribution in [2.24, 2.45) is 0 Å². The molecule has 1 aromatic carbocycles. The molecule has 0 aliphatic rings. The van der Waals surface area contributed by atoms with E-state index >= 15 is 0 Å². The number of carbonyl (C=O) groups excluding carboxylic acids is 1. The largest absolute Gasteiger partial charge is 0.442 e. The Hall–Kier alpha value is -1.80. The van der Waals surface area contributed by atoms with Crippen LogP contribution in [-0.4, -0.2) is 24.9 Å². The third-order valence-electron chi connectivity index (χ3n) is 2.45. The molecule has 1 amide bonds. The highest BCUT2D eigenvalue weighted by atomic mass is 28.3. The maximum absolute atomic E-state index is 13.8. The van der Waals surface area contributed by atoms with Gasteiger partial charge in [0.25, 0.3) is 0 Å². The summed E-state index contributed by atoms with van der Waals surface area (Å²) in [6.45, 7) is 11.5. The first-order valence-electron chi connectivity index (χ1n) is 7.25. The van der Waals surface area contributed by atoms with Crippen molar-refractivity contribution in [2.75, 3.05) is 0 Å². The maximum atomic E-state index is 13.8. The van der Waals surface area contributed by atoms with Gasteiger partial charge in [-0.15, -0.1) is 10.7 Å². The Labute approximate surface area is 133 Å². The molecule has 5 heteroatoms. The number of carbonyl (C=O) groups is 1. The molecule has 0 aliphatic heterocycles. The van der Waals surface area contributed by atoms with Crippen molar-refractivity contribution in [3.05, 3.63) is 35.4 Å². The van der Waals surface area contributed by atoms with E-state index in [2.05, 4.69) is 31.1 Å². The van der Waals surface area contributed by atoms with E-state index < -0.39 is 19.8 Å². The van der Waals surface area contributed by atoms with E-state index in [1.807, 2.05) is 12.1 Å². The zero-order chi connectivity index (χ0) is 17.0. The summed E-state index contributed by atoms with van der Waals surface area (Å²) in [7, 11) is -1.41. The van der Waals surface area contributed by atoms with Crippen LogP contribution in [0.4, 0.5) is 9.28 Å². The molecule has 3 nitrogen and oxygen atoms in total. The Balaban J connectivity index is 2.68. The zero-order valence-corrected chi connectivity index (χ0v) is 15.2. The van der Waals surface area contributed by atoms with Crippen molar-refractivity contribution < 1.29 is 14.0 Å². The fourth-order valence-corrected chi connectivity index (χ4v) is 2.01. The number of hydrogen-bond acceptors (Lipinski definition) is 2. The zero-order valence-electron chi connectivity index (χ0n) is 14.2. The van der Waals surface area contributed by atoms with Gasteiger partial charge < -0.3 is 4.74 Å². The van der Waals surface area contributed by atoms with Crippen LogP contribution >= 0.6 is 0 Å². The second-order valence-corrected chi connectivity index (χ2v) is 11.9. The molecule has 1 rings (SSSR count). The Morgan fingerprint density at radius 2 is 1.77 bits per heavy atom. The summed E-state index contributed by atoms with van der Waals surface area (Å²) in [4.78, 5) is 11.6. The summed E-state index contributed by atoms with van der Waals surface area (Å²) in [5.41, 5.74) is 4.15. The summed E-state index contributed by atoms with van der Waals surface area (Å²) >= 11 is 0. The number of rotatable bonds is 2. The minimum atomic E-state index is -1.41. The molecule has 0 saturated carbocycles. The predicted octanol–water partition coefficient (Wildman–Crippen LogP) is 4.54.